The van der Waals surface area contributed by atoms with Gasteiger partial charge in [0.2, 0.25) is 0 Å². The Morgan fingerprint density at radius 3 is 3.14 bits per heavy atom. The molecule has 0 atom stereocenters. The summed E-state index contributed by atoms with van der Waals surface area (Å²) in [7, 11) is 2.10. The second-order valence-electron chi connectivity index (χ2n) is 3.12. The number of hydrogen-bond acceptors (Lipinski definition) is 3. The van der Waals surface area contributed by atoms with Gasteiger partial charge in [-0.05, 0) is 19.0 Å². The highest BCUT2D eigenvalue weighted by atomic mass is 35.5. The molecule has 0 spiro atoms. The lowest BCUT2D eigenvalue weighted by Gasteiger charge is -2.20. The molecular weight excluding hydrogens is 200 g/mol. The van der Waals surface area contributed by atoms with E-state index in [1.807, 2.05) is 0 Å². The lowest BCUT2D eigenvalue weighted by Crippen LogP contribution is -2.25. The van der Waals surface area contributed by atoms with E-state index in [0.717, 1.165) is 19.5 Å². The molecule has 0 unspecified atom stereocenters. The molecule has 1 aliphatic rings. The lowest BCUT2D eigenvalue weighted by molar-refractivity contribution is 0.176. The minimum absolute atomic E-state index is 0. The summed E-state index contributed by atoms with van der Waals surface area (Å²) in [4.78, 5) is 7.17. The Hall–Kier alpha value is -0.800. The minimum Gasteiger partial charge on any atom is -0.392 e. The van der Waals surface area contributed by atoms with Crippen LogP contribution < -0.4 is 0 Å². The number of oxime groups is 1. The highest BCUT2D eigenvalue weighted by molar-refractivity contribution is 5.85. The van der Waals surface area contributed by atoms with Crippen molar-refractivity contribution >= 4 is 18.6 Å². The fourth-order valence-corrected chi connectivity index (χ4v) is 1.22. The number of rotatable bonds is 4. The van der Waals surface area contributed by atoms with E-state index in [1.165, 1.54) is 5.57 Å². The van der Waals surface area contributed by atoms with E-state index in [0.29, 0.717) is 6.61 Å². The van der Waals surface area contributed by atoms with Gasteiger partial charge in [-0.3, -0.25) is 0 Å². The topological polar surface area (TPSA) is 24.8 Å². The maximum absolute atomic E-state index is 4.91. The summed E-state index contributed by atoms with van der Waals surface area (Å²) in [5.41, 5.74) is 1.22. The maximum Gasteiger partial charge on any atom is 0.135 e. The highest BCUT2D eigenvalue weighted by Crippen LogP contribution is 2.05. The molecule has 14 heavy (non-hydrogen) atoms. The fraction of sp³-hybridized carbons (Fsp3) is 0.500. The number of likely N-dealkylation sites (N-methyl/N-ethyl adjacent to an activating group) is 1. The van der Waals surface area contributed by atoms with Gasteiger partial charge in [-0.25, -0.2) is 0 Å². The van der Waals surface area contributed by atoms with Crippen LogP contribution in [0.4, 0.5) is 0 Å². The van der Waals surface area contributed by atoms with Gasteiger partial charge in [-0.2, -0.15) is 0 Å². The van der Waals surface area contributed by atoms with Crippen molar-refractivity contribution in [1.82, 2.24) is 4.90 Å². The predicted octanol–water partition coefficient (Wildman–Crippen LogP) is 1.86. The van der Waals surface area contributed by atoms with Crippen molar-refractivity contribution in [2.75, 3.05) is 26.7 Å². The maximum atomic E-state index is 4.91. The zero-order valence-corrected chi connectivity index (χ0v) is 9.30. The van der Waals surface area contributed by atoms with Crippen LogP contribution in [-0.4, -0.2) is 37.9 Å². The van der Waals surface area contributed by atoms with E-state index in [1.54, 1.807) is 12.3 Å². The van der Waals surface area contributed by atoms with Crippen molar-refractivity contribution in [2.24, 2.45) is 5.16 Å². The Labute approximate surface area is 91.5 Å². The Bertz CT molecular complexity index is 226. The van der Waals surface area contributed by atoms with Gasteiger partial charge >= 0.3 is 0 Å². The molecule has 1 rings (SSSR count). The molecule has 0 aromatic rings. The monoisotopic (exact) mass is 216 g/mol. The average Bonchev–Trinajstić information content (AvgIpc) is 2.13. The molecule has 1 heterocycles. The molecule has 0 fully saturated rings. The zero-order valence-electron chi connectivity index (χ0n) is 8.48. The summed E-state index contributed by atoms with van der Waals surface area (Å²) in [5, 5.41) is 3.83. The smallest absolute Gasteiger partial charge is 0.135 e. The lowest BCUT2D eigenvalue weighted by atomic mass is 10.1. The first-order valence-electron chi connectivity index (χ1n) is 4.46. The Balaban J connectivity index is 0.00000169. The summed E-state index contributed by atoms with van der Waals surface area (Å²) in [6, 6.07) is 0. The predicted molar refractivity (Wildman–Crippen MR) is 62.1 cm³/mol. The van der Waals surface area contributed by atoms with E-state index < -0.39 is 0 Å². The third-order valence-corrected chi connectivity index (χ3v) is 1.86. The normalized spacial score (nSPS) is 17.4. The third kappa shape index (κ3) is 5.04. The highest BCUT2D eigenvalue weighted by Gasteiger charge is 2.05. The standard InChI is InChI=1S/C10H16N2O.ClH/c1-3-7-13-11-8-10-5-4-6-12(2)9-10;/h3,5,8H,1,4,6-7,9H2,2H3;1H. The first-order valence-corrected chi connectivity index (χ1v) is 4.46. The zero-order chi connectivity index (χ0) is 9.52. The molecule has 80 valence electrons. The summed E-state index contributed by atoms with van der Waals surface area (Å²) < 4.78 is 0. The van der Waals surface area contributed by atoms with Crippen molar-refractivity contribution < 1.29 is 4.84 Å². The van der Waals surface area contributed by atoms with E-state index in [-0.39, 0.29) is 12.4 Å². The third-order valence-electron chi connectivity index (χ3n) is 1.86. The van der Waals surface area contributed by atoms with Crippen molar-refractivity contribution in [1.29, 1.82) is 0 Å². The Morgan fingerprint density at radius 1 is 1.71 bits per heavy atom. The van der Waals surface area contributed by atoms with Crippen LogP contribution in [0.1, 0.15) is 6.42 Å². The van der Waals surface area contributed by atoms with Gasteiger partial charge < -0.3 is 9.74 Å². The van der Waals surface area contributed by atoms with Crippen LogP contribution in [0, 0.1) is 0 Å². The average molecular weight is 217 g/mol. The minimum atomic E-state index is 0. The van der Waals surface area contributed by atoms with Crippen LogP contribution in [-0.2, 0) is 4.84 Å². The summed E-state index contributed by atoms with van der Waals surface area (Å²) in [6.07, 6.45) is 6.75. The second-order valence-corrected chi connectivity index (χ2v) is 3.12. The SMILES string of the molecule is C=CCON=CC1=CCCN(C)C1.Cl. The molecule has 4 heteroatoms. The van der Waals surface area contributed by atoms with E-state index >= 15 is 0 Å². The molecule has 0 N–H and O–H groups in total. The van der Waals surface area contributed by atoms with Gasteiger partial charge in [0.1, 0.15) is 6.61 Å². The van der Waals surface area contributed by atoms with Crippen molar-refractivity contribution in [2.45, 2.75) is 6.42 Å². The van der Waals surface area contributed by atoms with Crippen LogP contribution in [0.15, 0.2) is 29.5 Å². The van der Waals surface area contributed by atoms with Crippen LogP contribution in [0.5, 0.6) is 0 Å². The number of nitrogens with zero attached hydrogens (tertiary/aromatic N) is 2. The summed E-state index contributed by atoms with van der Waals surface area (Å²) in [6.45, 7) is 6.10. The van der Waals surface area contributed by atoms with Crippen LogP contribution in [0.25, 0.3) is 0 Å². The molecule has 1 aliphatic heterocycles. The van der Waals surface area contributed by atoms with Crippen LogP contribution >= 0.6 is 12.4 Å². The van der Waals surface area contributed by atoms with Gasteiger partial charge in [0, 0.05) is 13.1 Å². The number of hydrogen-bond donors (Lipinski definition) is 0. The van der Waals surface area contributed by atoms with Gasteiger partial charge in [0.25, 0.3) is 0 Å². The molecule has 0 saturated carbocycles. The molecule has 0 bridgehead atoms. The molecule has 0 radical (unpaired) electrons. The first kappa shape index (κ1) is 13.2. The van der Waals surface area contributed by atoms with Crippen molar-refractivity contribution in [3.8, 4) is 0 Å². The van der Waals surface area contributed by atoms with Crippen molar-refractivity contribution in [3.63, 3.8) is 0 Å². The fourth-order valence-electron chi connectivity index (χ4n) is 1.22. The van der Waals surface area contributed by atoms with Gasteiger partial charge in [-0.15, -0.1) is 12.4 Å². The molecular formula is C10H17ClN2O. The molecule has 0 aromatic heterocycles. The van der Waals surface area contributed by atoms with Crippen molar-refractivity contribution in [3.05, 3.63) is 24.3 Å². The van der Waals surface area contributed by atoms with Gasteiger partial charge in [-0.1, -0.05) is 23.9 Å². The molecule has 3 nitrogen and oxygen atoms in total. The van der Waals surface area contributed by atoms with Crippen LogP contribution in [0.2, 0.25) is 0 Å². The molecule has 0 amide bonds. The summed E-state index contributed by atoms with van der Waals surface area (Å²) >= 11 is 0. The van der Waals surface area contributed by atoms with Crippen LogP contribution in [0.3, 0.4) is 0 Å². The van der Waals surface area contributed by atoms with E-state index in [4.69, 9.17) is 4.84 Å². The largest absolute Gasteiger partial charge is 0.392 e. The van der Waals surface area contributed by atoms with E-state index in [9.17, 15) is 0 Å². The Kier molecular flexibility index (Phi) is 7.16. The van der Waals surface area contributed by atoms with Gasteiger partial charge in [0.05, 0.1) is 6.21 Å². The molecule has 0 saturated heterocycles. The quantitative estimate of drug-likeness (QED) is 0.310. The second kappa shape index (κ2) is 7.59. The Morgan fingerprint density at radius 2 is 2.50 bits per heavy atom. The van der Waals surface area contributed by atoms with E-state index in [2.05, 4.69) is 29.8 Å². The van der Waals surface area contributed by atoms with Gasteiger partial charge in [0.15, 0.2) is 0 Å². The summed E-state index contributed by atoms with van der Waals surface area (Å²) in [5.74, 6) is 0. The first-order chi connectivity index (χ1) is 6.33. The molecule has 0 aliphatic carbocycles. The number of halogens is 1. The molecule has 0 aromatic carbocycles.